The molecule has 0 radical (unpaired) electrons. The Morgan fingerprint density at radius 2 is 2.00 bits per heavy atom. The number of rotatable bonds is 4. The molecule has 114 valence electrons. The van der Waals surface area contributed by atoms with E-state index in [1.165, 1.54) is 5.56 Å². The lowest BCUT2D eigenvalue weighted by Gasteiger charge is -2.40. The third-order valence-corrected chi connectivity index (χ3v) is 4.81. The van der Waals surface area contributed by atoms with Gasteiger partial charge in [-0.3, -0.25) is 0 Å². The van der Waals surface area contributed by atoms with Crippen LogP contribution in [0.4, 0.5) is 0 Å². The zero-order chi connectivity index (χ0) is 14.9. The topological polar surface area (TPSA) is 49.6 Å². The van der Waals surface area contributed by atoms with Gasteiger partial charge in [0, 0.05) is 24.8 Å². The summed E-state index contributed by atoms with van der Waals surface area (Å²) in [7, 11) is 0. The fourth-order valence-electron chi connectivity index (χ4n) is 3.12. The van der Waals surface area contributed by atoms with Crippen LogP contribution in [0.3, 0.4) is 0 Å². The van der Waals surface area contributed by atoms with Crippen LogP contribution in [0.1, 0.15) is 45.1 Å². The van der Waals surface area contributed by atoms with Crippen molar-refractivity contribution >= 4 is 5.52 Å². The summed E-state index contributed by atoms with van der Waals surface area (Å²) >= 11 is 0. The molecule has 1 aliphatic carbocycles. The van der Waals surface area contributed by atoms with Gasteiger partial charge in [-0.25, -0.2) is 4.52 Å². The Bertz CT molecular complexity index is 607. The van der Waals surface area contributed by atoms with E-state index in [0.29, 0.717) is 12.0 Å². The molecule has 4 heteroatoms. The highest BCUT2D eigenvalue weighted by molar-refractivity contribution is 5.53. The number of pyridine rings is 1. The number of aliphatic hydroxyl groups is 1. The zero-order valence-corrected chi connectivity index (χ0v) is 13.0. The molecule has 2 N–H and O–H groups in total. The van der Waals surface area contributed by atoms with E-state index in [1.807, 2.05) is 29.0 Å². The SMILES string of the molecule is CC1(C)CCC(O)(CNCc2cnn3ccccc23)CC1. The minimum absolute atomic E-state index is 0.384. The smallest absolute Gasteiger partial charge is 0.0772 e. The van der Waals surface area contributed by atoms with Crippen LogP contribution in [0.25, 0.3) is 5.52 Å². The number of nitrogens with one attached hydrogen (secondary N) is 1. The summed E-state index contributed by atoms with van der Waals surface area (Å²) in [5, 5.41) is 18.4. The molecule has 0 spiro atoms. The van der Waals surface area contributed by atoms with E-state index in [2.05, 4.69) is 30.3 Å². The number of fused-ring (bicyclic) bond motifs is 1. The van der Waals surface area contributed by atoms with E-state index < -0.39 is 5.60 Å². The van der Waals surface area contributed by atoms with Gasteiger partial charge in [-0.1, -0.05) is 19.9 Å². The predicted molar refractivity (Wildman–Crippen MR) is 84.1 cm³/mol. The Balaban J connectivity index is 1.57. The molecule has 21 heavy (non-hydrogen) atoms. The molecule has 0 amide bonds. The first-order chi connectivity index (χ1) is 9.98. The Labute approximate surface area is 126 Å². The summed E-state index contributed by atoms with van der Waals surface area (Å²) in [6.07, 6.45) is 7.83. The predicted octanol–water partition coefficient (Wildman–Crippen LogP) is 2.76. The standard InChI is InChI=1S/C17H25N3O/c1-16(2)6-8-17(21,9-7-16)13-18-11-14-12-19-20-10-4-3-5-15(14)20/h3-5,10,12,18,21H,6-9,11,13H2,1-2H3. The van der Waals surface area contributed by atoms with Crippen LogP contribution >= 0.6 is 0 Å². The summed E-state index contributed by atoms with van der Waals surface area (Å²) in [5.41, 5.74) is 2.14. The summed E-state index contributed by atoms with van der Waals surface area (Å²) in [6, 6.07) is 6.07. The maximum atomic E-state index is 10.7. The molecule has 2 aromatic rings. The van der Waals surface area contributed by atoms with Gasteiger partial charge in [0.05, 0.1) is 17.3 Å². The molecule has 1 saturated carbocycles. The van der Waals surface area contributed by atoms with Crippen molar-refractivity contribution in [1.82, 2.24) is 14.9 Å². The number of hydrogen-bond donors (Lipinski definition) is 2. The lowest BCUT2D eigenvalue weighted by atomic mass is 9.71. The molecule has 0 bridgehead atoms. The Kier molecular flexibility index (Phi) is 3.76. The highest BCUT2D eigenvalue weighted by Gasteiger charge is 2.36. The molecular weight excluding hydrogens is 262 g/mol. The first kappa shape index (κ1) is 14.5. The number of nitrogens with zero attached hydrogens (tertiary/aromatic N) is 2. The van der Waals surface area contributed by atoms with Gasteiger partial charge in [0.2, 0.25) is 0 Å². The van der Waals surface area contributed by atoms with Crippen molar-refractivity contribution in [2.75, 3.05) is 6.54 Å². The minimum atomic E-state index is -0.543. The minimum Gasteiger partial charge on any atom is -0.389 e. The summed E-state index contributed by atoms with van der Waals surface area (Å²) in [4.78, 5) is 0. The molecule has 2 aromatic heterocycles. The molecule has 1 aliphatic rings. The second kappa shape index (κ2) is 5.43. The molecule has 4 nitrogen and oxygen atoms in total. The second-order valence-electron chi connectivity index (χ2n) is 7.19. The average molecular weight is 287 g/mol. The summed E-state index contributed by atoms with van der Waals surface area (Å²) in [6.45, 7) is 5.99. The molecule has 0 unspecified atom stereocenters. The Morgan fingerprint density at radius 1 is 1.24 bits per heavy atom. The van der Waals surface area contributed by atoms with Crippen LogP contribution in [0.5, 0.6) is 0 Å². The van der Waals surface area contributed by atoms with Crippen molar-refractivity contribution in [3.63, 3.8) is 0 Å². The van der Waals surface area contributed by atoms with E-state index in [4.69, 9.17) is 0 Å². The lowest BCUT2D eigenvalue weighted by Crippen LogP contribution is -2.44. The average Bonchev–Trinajstić information content (AvgIpc) is 2.87. The van der Waals surface area contributed by atoms with Crippen LogP contribution in [0.15, 0.2) is 30.6 Å². The third-order valence-electron chi connectivity index (χ3n) is 4.81. The van der Waals surface area contributed by atoms with E-state index >= 15 is 0 Å². The van der Waals surface area contributed by atoms with Crippen LogP contribution in [-0.4, -0.2) is 26.9 Å². The van der Waals surface area contributed by atoms with Gasteiger partial charge in [-0.05, 0) is 43.2 Å². The van der Waals surface area contributed by atoms with Crippen molar-refractivity contribution in [1.29, 1.82) is 0 Å². The molecule has 2 heterocycles. The van der Waals surface area contributed by atoms with Crippen molar-refractivity contribution in [2.45, 2.75) is 51.7 Å². The van der Waals surface area contributed by atoms with Crippen LogP contribution in [0.2, 0.25) is 0 Å². The van der Waals surface area contributed by atoms with Crippen molar-refractivity contribution in [3.05, 3.63) is 36.2 Å². The molecule has 1 fully saturated rings. The fourth-order valence-corrected chi connectivity index (χ4v) is 3.12. The van der Waals surface area contributed by atoms with Gasteiger partial charge >= 0.3 is 0 Å². The van der Waals surface area contributed by atoms with Gasteiger partial charge in [-0.15, -0.1) is 0 Å². The van der Waals surface area contributed by atoms with Gasteiger partial charge in [0.25, 0.3) is 0 Å². The molecular formula is C17H25N3O. The van der Waals surface area contributed by atoms with Crippen molar-refractivity contribution < 1.29 is 5.11 Å². The van der Waals surface area contributed by atoms with Gasteiger partial charge in [-0.2, -0.15) is 5.10 Å². The first-order valence-corrected chi connectivity index (χ1v) is 7.82. The largest absolute Gasteiger partial charge is 0.389 e. The lowest BCUT2D eigenvalue weighted by molar-refractivity contribution is -0.0244. The van der Waals surface area contributed by atoms with Crippen LogP contribution < -0.4 is 5.32 Å². The van der Waals surface area contributed by atoms with Gasteiger partial charge < -0.3 is 10.4 Å². The fraction of sp³-hybridized carbons (Fsp3) is 0.588. The Morgan fingerprint density at radius 3 is 2.76 bits per heavy atom. The second-order valence-corrected chi connectivity index (χ2v) is 7.19. The van der Waals surface area contributed by atoms with Crippen molar-refractivity contribution in [2.24, 2.45) is 5.41 Å². The molecule has 0 saturated heterocycles. The molecule has 3 rings (SSSR count). The van der Waals surface area contributed by atoms with Crippen molar-refractivity contribution in [3.8, 4) is 0 Å². The van der Waals surface area contributed by atoms with Gasteiger partial charge in [0.15, 0.2) is 0 Å². The number of hydrogen-bond acceptors (Lipinski definition) is 3. The normalized spacial score (nSPS) is 20.7. The van der Waals surface area contributed by atoms with Crippen LogP contribution in [0, 0.1) is 5.41 Å². The molecule has 0 atom stereocenters. The molecule has 0 aromatic carbocycles. The number of aromatic nitrogens is 2. The monoisotopic (exact) mass is 287 g/mol. The Hall–Kier alpha value is -1.39. The van der Waals surface area contributed by atoms with Crippen LogP contribution in [-0.2, 0) is 6.54 Å². The maximum absolute atomic E-state index is 10.7. The highest BCUT2D eigenvalue weighted by Crippen LogP contribution is 2.39. The summed E-state index contributed by atoms with van der Waals surface area (Å²) in [5.74, 6) is 0. The quantitative estimate of drug-likeness (QED) is 0.909. The summed E-state index contributed by atoms with van der Waals surface area (Å²) < 4.78 is 1.88. The highest BCUT2D eigenvalue weighted by atomic mass is 16.3. The first-order valence-electron chi connectivity index (χ1n) is 7.82. The zero-order valence-electron chi connectivity index (χ0n) is 13.0. The van der Waals surface area contributed by atoms with E-state index in [-0.39, 0.29) is 0 Å². The van der Waals surface area contributed by atoms with E-state index in [1.54, 1.807) is 0 Å². The van der Waals surface area contributed by atoms with E-state index in [0.717, 1.165) is 37.7 Å². The molecule has 0 aliphatic heterocycles. The third kappa shape index (κ3) is 3.27. The maximum Gasteiger partial charge on any atom is 0.0772 e. The van der Waals surface area contributed by atoms with E-state index in [9.17, 15) is 5.11 Å². The van der Waals surface area contributed by atoms with Gasteiger partial charge in [0.1, 0.15) is 0 Å².